The molecule has 19 heavy (non-hydrogen) atoms. The maximum absolute atomic E-state index is 9.09. The summed E-state index contributed by atoms with van der Waals surface area (Å²) in [5.41, 5.74) is 1.46. The van der Waals surface area contributed by atoms with E-state index in [1.807, 2.05) is 11.3 Å². The number of thiophene rings is 1. The first-order valence-corrected chi connectivity index (χ1v) is 8.03. The molecular weight excluding hydrogens is 254 g/mol. The monoisotopic (exact) mass is 275 g/mol. The summed E-state index contributed by atoms with van der Waals surface area (Å²) in [6.45, 7) is 3.74. The smallest absolute Gasteiger partial charge is 0.0434 e. The van der Waals surface area contributed by atoms with E-state index >= 15 is 0 Å². The number of aliphatic hydroxyl groups excluding tert-OH is 1. The molecule has 0 aliphatic carbocycles. The van der Waals surface area contributed by atoms with Crippen molar-refractivity contribution in [3.05, 3.63) is 35.2 Å². The predicted molar refractivity (Wildman–Crippen MR) is 81.5 cm³/mol. The fourth-order valence-corrected chi connectivity index (χ4v) is 4.06. The van der Waals surface area contributed by atoms with Crippen LogP contribution in [-0.2, 0) is 6.54 Å². The Hall–Kier alpha value is -0.900. The quantitative estimate of drug-likeness (QED) is 0.923. The Morgan fingerprint density at radius 2 is 2.21 bits per heavy atom. The fraction of sp³-hybridized carbons (Fsp3) is 0.500. The molecule has 3 heteroatoms. The van der Waals surface area contributed by atoms with Crippen molar-refractivity contribution in [2.75, 3.05) is 19.7 Å². The Labute approximate surface area is 118 Å². The molecule has 1 unspecified atom stereocenters. The van der Waals surface area contributed by atoms with E-state index in [9.17, 15) is 0 Å². The van der Waals surface area contributed by atoms with E-state index < -0.39 is 0 Å². The second-order valence-electron chi connectivity index (χ2n) is 5.51. The van der Waals surface area contributed by atoms with Gasteiger partial charge >= 0.3 is 0 Å². The highest BCUT2D eigenvalue weighted by molar-refractivity contribution is 7.17. The van der Waals surface area contributed by atoms with Gasteiger partial charge in [0.1, 0.15) is 0 Å². The van der Waals surface area contributed by atoms with Crippen molar-refractivity contribution in [3.8, 4) is 0 Å². The first-order chi connectivity index (χ1) is 9.36. The topological polar surface area (TPSA) is 23.5 Å². The average Bonchev–Trinajstić information content (AvgIpc) is 2.83. The summed E-state index contributed by atoms with van der Waals surface area (Å²) < 4.78 is 1.39. The molecule has 0 saturated carbocycles. The van der Waals surface area contributed by atoms with Gasteiger partial charge in [0.15, 0.2) is 0 Å². The lowest BCUT2D eigenvalue weighted by atomic mass is 9.95. The molecule has 1 aliphatic rings. The number of fused-ring (bicyclic) bond motifs is 1. The van der Waals surface area contributed by atoms with Crippen LogP contribution in [0.4, 0.5) is 0 Å². The number of hydrogen-bond donors (Lipinski definition) is 1. The van der Waals surface area contributed by atoms with E-state index in [2.05, 4.69) is 34.5 Å². The van der Waals surface area contributed by atoms with Gasteiger partial charge in [-0.2, -0.15) is 0 Å². The molecule has 2 nitrogen and oxygen atoms in total. The molecule has 1 saturated heterocycles. The van der Waals surface area contributed by atoms with Crippen LogP contribution in [0.2, 0.25) is 0 Å². The van der Waals surface area contributed by atoms with Crippen LogP contribution in [0.25, 0.3) is 10.1 Å². The zero-order valence-corrected chi connectivity index (χ0v) is 12.0. The van der Waals surface area contributed by atoms with Crippen molar-refractivity contribution in [2.24, 2.45) is 5.92 Å². The first kappa shape index (κ1) is 13.1. The normalized spacial score (nSPS) is 21.0. The van der Waals surface area contributed by atoms with E-state index in [0.717, 1.165) is 19.5 Å². The van der Waals surface area contributed by atoms with Crippen molar-refractivity contribution < 1.29 is 5.11 Å². The van der Waals surface area contributed by atoms with Gasteiger partial charge in [-0.25, -0.2) is 0 Å². The number of hydrogen-bond acceptors (Lipinski definition) is 3. The zero-order chi connectivity index (χ0) is 13.1. The van der Waals surface area contributed by atoms with Gasteiger partial charge in [-0.1, -0.05) is 18.2 Å². The van der Waals surface area contributed by atoms with Crippen LogP contribution in [0.5, 0.6) is 0 Å². The minimum atomic E-state index is 0.333. The van der Waals surface area contributed by atoms with Gasteiger partial charge in [-0.15, -0.1) is 11.3 Å². The Bertz CT molecular complexity index is 534. The minimum absolute atomic E-state index is 0.333. The number of nitrogens with zero attached hydrogens (tertiary/aromatic N) is 1. The highest BCUT2D eigenvalue weighted by Gasteiger charge is 2.20. The maximum Gasteiger partial charge on any atom is 0.0434 e. The number of aliphatic hydroxyl groups is 1. The van der Waals surface area contributed by atoms with Crippen molar-refractivity contribution >= 4 is 21.4 Å². The predicted octanol–water partition coefficient (Wildman–Crippen LogP) is 3.50. The van der Waals surface area contributed by atoms with E-state index in [-0.39, 0.29) is 0 Å². The molecule has 1 N–H and O–H groups in total. The van der Waals surface area contributed by atoms with Crippen LogP contribution in [-0.4, -0.2) is 29.7 Å². The van der Waals surface area contributed by atoms with Crippen molar-refractivity contribution in [1.29, 1.82) is 0 Å². The Balaban J connectivity index is 1.70. The van der Waals surface area contributed by atoms with Gasteiger partial charge < -0.3 is 5.11 Å². The first-order valence-electron chi connectivity index (χ1n) is 7.15. The Morgan fingerprint density at radius 3 is 3.11 bits per heavy atom. The highest BCUT2D eigenvalue weighted by Crippen LogP contribution is 2.28. The van der Waals surface area contributed by atoms with Crippen LogP contribution >= 0.6 is 11.3 Å². The Kier molecular flexibility index (Phi) is 4.16. The highest BCUT2D eigenvalue weighted by atomic mass is 32.1. The molecule has 1 atom stereocenters. The largest absolute Gasteiger partial charge is 0.396 e. The second kappa shape index (κ2) is 6.04. The lowest BCUT2D eigenvalue weighted by Gasteiger charge is -2.32. The summed E-state index contributed by atoms with van der Waals surface area (Å²) in [7, 11) is 0. The molecule has 0 spiro atoms. The second-order valence-corrected chi connectivity index (χ2v) is 6.42. The summed E-state index contributed by atoms with van der Waals surface area (Å²) in [4.78, 5) is 2.55. The summed E-state index contributed by atoms with van der Waals surface area (Å²) in [5, 5.41) is 12.8. The summed E-state index contributed by atoms with van der Waals surface area (Å²) >= 11 is 1.85. The molecule has 1 aromatic heterocycles. The molecule has 0 radical (unpaired) electrons. The standard InChI is InChI=1S/C16H21NOS/c18-9-7-13-4-3-8-17(10-13)11-14-12-19-16-6-2-1-5-15(14)16/h1-2,5-6,12-13,18H,3-4,7-11H2. The van der Waals surface area contributed by atoms with E-state index in [0.29, 0.717) is 12.5 Å². The zero-order valence-electron chi connectivity index (χ0n) is 11.2. The van der Waals surface area contributed by atoms with Gasteiger partial charge in [0, 0.05) is 24.4 Å². The molecule has 1 fully saturated rings. The van der Waals surface area contributed by atoms with E-state index in [4.69, 9.17) is 5.11 Å². The van der Waals surface area contributed by atoms with Crippen molar-refractivity contribution in [1.82, 2.24) is 4.90 Å². The molecule has 1 aliphatic heterocycles. The van der Waals surface area contributed by atoms with Gasteiger partial charge in [0.2, 0.25) is 0 Å². The van der Waals surface area contributed by atoms with E-state index in [1.165, 1.54) is 35.0 Å². The van der Waals surface area contributed by atoms with Gasteiger partial charge in [0.05, 0.1) is 0 Å². The molecule has 3 rings (SSSR count). The van der Waals surface area contributed by atoms with Crippen LogP contribution in [0.3, 0.4) is 0 Å². The van der Waals surface area contributed by atoms with Crippen molar-refractivity contribution in [3.63, 3.8) is 0 Å². The van der Waals surface area contributed by atoms with Gasteiger partial charge in [-0.05, 0) is 54.1 Å². The number of benzene rings is 1. The average molecular weight is 275 g/mol. The third-order valence-electron chi connectivity index (χ3n) is 4.10. The summed E-state index contributed by atoms with van der Waals surface area (Å²) in [6, 6.07) is 8.68. The maximum atomic E-state index is 9.09. The van der Waals surface area contributed by atoms with Crippen LogP contribution < -0.4 is 0 Å². The number of rotatable bonds is 4. The number of piperidine rings is 1. The third kappa shape index (κ3) is 2.99. The van der Waals surface area contributed by atoms with Gasteiger partial charge in [0.25, 0.3) is 0 Å². The fourth-order valence-electron chi connectivity index (χ4n) is 3.11. The summed E-state index contributed by atoms with van der Waals surface area (Å²) in [5.74, 6) is 0.684. The minimum Gasteiger partial charge on any atom is -0.396 e. The van der Waals surface area contributed by atoms with Gasteiger partial charge in [-0.3, -0.25) is 4.90 Å². The molecule has 0 amide bonds. The van der Waals surface area contributed by atoms with E-state index in [1.54, 1.807) is 0 Å². The molecule has 2 heterocycles. The number of likely N-dealkylation sites (tertiary alicyclic amines) is 1. The molecular formula is C16H21NOS. The van der Waals surface area contributed by atoms with Crippen molar-refractivity contribution in [2.45, 2.75) is 25.8 Å². The van der Waals surface area contributed by atoms with Crippen LogP contribution in [0.15, 0.2) is 29.6 Å². The SMILES string of the molecule is OCCC1CCCN(Cc2csc3ccccc23)C1. The third-order valence-corrected chi connectivity index (χ3v) is 5.11. The molecule has 102 valence electrons. The lowest BCUT2D eigenvalue weighted by Crippen LogP contribution is -2.35. The molecule has 0 bridgehead atoms. The lowest BCUT2D eigenvalue weighted by molar-refractivity contribution is 0.143. The molecule has 2 aromatic rings. The Morgan fingerprint density at radius 1 is 1.32 bits per heavy atom. The van der Waals surface area contributed by atoms with Crippen LogP contribution in [0, 0.1) is 5.92 Å². The molecule has 1 aromatic carbocycles. The summed E-state index contributed by atoms with van der Waals surface area (Å²) in [6.07, 6.45) is 3.51. The van der Waals surface area contributed by atoms with Crippen LogP contribution in [0.1, 0.15) is 24.8 Å².